The van der Waals surface area contributed by atoms with Gasteiger partial charge >= 0.3 is 5.97 Å². The van der Waals surface area contributed by atoms with Gasteiger partial charge in [0.15, 0.2) is 5.16 Å². The molecule has 0 spiro atoms. The summed E-state index contributed by atoms with van der Waals surface area (Å²) >= 11 is 1.17. The van der Waals surface area contributed by atoms with Crippen LogP contribution in [0.25, 0.3) is 0 Å². The Labute approximate surface area is 110 Å². The summed E-state index contributed by atoms with van der Waals surface area (Å²) in [7, 11) is 0. The maximum absolute atomic E-state index is 10.6. The van der Waals surface area contributed by atoms with Gasteiger partial charge < -0.3 is 10.8 Å². The molecule has 0 atom stereocenters. The van der Waals surface area contributed by atoms with E-state index in [2.05, 4.69) is 10.2 Å². The van der Waals surface area contributed by atoms with Crippen molar-refractivity contribution in [3.8, 4) is 0 Å². The molecule has 7 heteroatoms. The van der Waals surface area contributed by atoms with Gasteiger partial charge in [-0.25, -0.2) is 0 Å². The molecule has 3 N–H and O–H groups in total. The highest BCUT2D eigenvalue weighted by Gasteiger charge is 2.18. The average molecular weight is 270 g/mol. The largest absolute Gasteiger partial charge is 0.481 e. The van der Waals surface area contributed by atoms with Gasteiger partial charge in [0.1, 0.15) is 0 Å². The Morgan fingerprint density at radius 3 is 2.78 bits per heavy atom. The van der Waals surface area contributed by atoms with Gasteiger partial charge in [0.2, 0.25) is 5.95 Å². The van der Waals surface area contributed by atoms with Crippen molar-refractivity contribution < 1.29 is 9.90 Å². The lowest BCUT2D eigenvalue weighted by atomic mass is 9.89. The Morgan fingerprint density at radius 2 is 2.11 bits per heavy atom. The molecule has 0 saturated heterocycles. The molecule has 1 fully saturated rings. The maximum atomic E-state index is 10.6. The van der Waals surface area contributed by atoms with Gasteiger partial charge in [-0.2, -0.15) is 0 Å². The second kappa shape index (κ2) is 6.08. The average Bonchev–Trinajstić information content (AvgIpc) is 2.70. The molecule has 0 aliphatic heterocycles. The number of thioether (sulfide) groups is 1. The fraction of sp³-hybridized carbons (Fsp3) is 0.727. The highest BCUT2D eigenvalue weighted by atomic mass is 32.2. The summed E-state index contributed by atoms with van der Waals surface area (Å²) in [5.41, 5.74) is 5.79. The molecular formula is C11H18N4O2S. The molecule has 1 heterocycles. The van der Waals surface area contributed by atoms with Crippen molar-refractivity contribution in [1.82, 2.24) is 14.8 Å². The first-order valence-corrected chi connectivity index (χ1v) is 7.18. The molecule has 2 rings (SSSR count). The van der Waals surface area contributed by atoms with Crippen LogP contribution in [0.2, 0.25) is 0 Å². The van der Waals surface area contributed by atoms with E-state index in [1.54, 1.807) is 0 Å². The van der Waals surface area contributed by atoms with E-state index >= 15 is 0 Å². The lowest BCUT2D eigenvalue weighted by molar-refractivity contribution is -0.133. The van der Waals surface area contributed by atoms with Crippen molar-refractivity contribution in [3.63, 3.8) is 0 Å². The topological polar surface area (TPSA) is 94.0 Å². The molecule has 0 bridgehead atoms. The zero-order valence-electron chi connectivity index (χ0n) is 10.2. The fourth-order valence-electron chi connectivity index (χ4n) is 2.33. The molecule has 1 aromatic rings. The van der Waals surface area contributed by atoms with Crippen LogP contribution in [0.1, 0.15) is 32.1 Å². The summed E-state index contributed by atoms with van der Waals surface area (Å²) in [5, 5.41) is 17.1. The van der Waals surface area contributed by atoms with Crippen LogP contribution in [0, 0.1) is 5.92 Å². The fourth-order valence-corrected chi connectivity index (χ4v) is 3.01. The number of carboxylic acid groups (broad SMARTS) is 1. The first-order valence-electron chi connectivity index (χ1n) is 6.20. The van der Waals surface area contributed by atoms with Crippen molar-refractivity contribution in [3.05, 3.63) is 0 Å². The number of hydrogen-bond donors (Lipinski definition) is 2. The smallest absolute Gasteiger partial charge is 0.313 e. The molecule has 0 amide bonds. The molecule has 0 aromatic carbocycles. The quantitative estimate of drug-likeness (QED) is 0.789. The third-order valence-corrected chi connectivity index (χ3v) is 4.19. The first kappa shape index (κ1) is 13.2. The van der Waals surface area contributed by atoms with Crippen LogP contribution in [-0.2, 0) is 11.3 Å². The van der Waals surface area contributed by atoms with Gasteiger partial charge in [0, 0.05) is 6.54 Å². The van der Waals surface area contributed by atoms with Crippen molar-refractivity contribution in [2.45, 2.75) is 43.8 Å². The Bertz CT molecular complexity index is 415. The van der Waals surface area contributed by atoms with E-state index in [0.29, 0.717) is 17.0 Å². The zero-order chi connectivity index (χ0) is 13.0. The molecule has 18 heavy (non-hydrogen) atoms. The van der Waals surface area contributed by atoms with E-state index in [1.165, 1.54) is 43.9 Å². The number of rotatable bonds is 5. The predicted octanol–water partition coefficient (Wildman–Crippen LogP) is 1.62. The third-order valence-electron chi connectivity index (χ3n) is 3.24. The minimum absolute atomic E-state index is 0.0111. The number of anilines is 1. The lowest BCUT2D eigenvalue weighted by Crippen LogP contribution is -2.16. The Balaban J connectivity index is 2.01. The monoisotopic (exact) mass is 270 g/mol. The summed E-state index contributed by atoms with van der Waals surface area (Å²) in [6.07, 6.45) is 6.27. The number of nitrogen functional groups attached to an aromatic ring is 1. The van der Waals surface area contributed by atoms with E-state index in [-0.39, 0.29) is 5.75 Å². The number of nitrogens with zero attached hydrogens (tertiary/aromatic N) is 3. The summed E-state index contributed by atoms with van der Waals surface area (Å²) < 4.78 is 1.85. The molecule has 100 valence electrons. The summed E-state index contributed by atoms with van der Waals surface area (Å²) in [6, 6.07) is 0. The number of carbonyl (C=O) groups is 1. The SMILES string of the molecule is Nc1nnc(SCC(=O)O)n1CC1CCCCC1. The van der Waals surface area contributed by atoms with Crippen molar-refractivity contribution >= 4 is 23.7 Å². The third kappa shape index (κ3) is 3.38. The van der Waals surface area contributed by atoms with Crippen molar-refractivity contribution in [2.75, 3.05) is 11.5 Å². The second-order valence-electron chi connectivity index (χ2n) is 4.64. The van der Waals surface area contributed by atoms with Gasteiger partial charge in [-0.1, -0.05) is 31.0 Å². The summed E-state index contributed by atoms with van der Waals surface area (Å²) in [5.74, 6) is 0.128. The van der Waals surface area contributed by atoms with Crippen molar-refractivity contribution in [1.29, 1.82) is 0 Å². The number of carboxylic acids is 1. The lowest BCUT2D eigenvalue weighted by Gasteiger charge is -2.22. The van der Waals surface area contributed by atoms with E-state index < -0.39 is 5.97 Å². The molecular weight excluding hydrogens is 252 g/mol. The molecule has 1 saturated carbocycles. The second-order valence-corrected chi connectivity index (χ2v) is 5.58. The highest BCUT2D eigenvalue weighted by molar-refractivity contribution is 7.99. The summed E-state index contributed by atoms with van der Waals surface area (Å²) in [6.45, 7) is 0.806. The molecule has 0 radical (unpaired) electrons. The van der Waals surface area contributed by atoms with Gasteiger partial charge in [-0.3, -0.25) is 9.36 Å². The van der Waals surface area contributed by atoms with E-state index in [0.717, 1.165) is 6.54 Å². The number of aliphatic carboxylic acids is 1. The molecule has 1 aliphatic rings. The van der Waals surface area contributed by atoms with Gasteiger partial charge in [-0.15, -0.1) is 10.2 Å². The Kier molecular flexibility index (Phi) is 4.46. The highest BCUT2D eigenvalue weighted by Crippen LogP contribution is 2.27. The van der Waals surface area contributed by atoms with Crippen LogP contribution in [0.5, 0.6) is 0 Å². The van der Waals surface area contributed by atoms with Gasteiger partial charge in [-0.05, 0) is 18.8 Å². The van der Waals surface area contributed by atoms with E-state index in [9.17, 15) is 4.79 Å². The van der Waals surface area contributed by atoms with E-state index in [4.69, 9.17) is 10.8 Å². The molecule has 6 nitrogen and oxygen atoms in total. The molecule has 1 aromatic heterocycles. The van der Waals surface area contributed by atoms with Crippen LogP contribution in [0.4, 0.5) is 5.95 Å². The molecule has 1 aliphatic carbocycles. The maximum Gasteiger partial charge on any atom is 0.313 e. The molecule has 0 unspecified atom stereocenters. The number of aromatic nitrogens is 3. The standard InChI is InChI=1S/C11H18N4O2S/c12-10-13-14-11(18-7-9(16)17)15(10)6-8-4-2-1-3-5-8/h8H,1-7H2,(H2,12,13)(H,16,17). The first-order chi connectivity index (χ1) is 8.66. The van der Waals surface area contributed by atoms with Crippen LogP contribution in [0.3, 0.4) is 0 Å². The zero-order valence-corrected chi connectivity index (χ0v) is 11.0. The normalized spacial score (nSPS) is 16.9. The van der Waals surface area contributed by atoms with Crippen LogP contribution < -0.4 is 5.73 Å². The number of hydrogen-bond acceptors (Lipinski definition) is 5. The minimum atomic E-state index is -0.856. The Hall–Kier alpha value is -1.24. The van der Waals surface area contributed by atoms with Crippen LogP contribution >= 0.6 is 11.8 Å². The predicted molar refractivity (Wildman–Crippen MR) is 69.4 cm³/mol. The number of nitrogens with two attached hydrogens (primary N) is 1. The Morgan fingerprint density at radius 1 is 1.39 bits per heavy atom. The van der Waals surface area contributed by atoms with Crippen LogP contribution in [0.15, 0.2) is 5.16 Å². The van der Waals surface area contributed by atoms with Crippen LogP contribution in [-0.4, -0.2) is 31.6 Å². The van der Waals surface area contributed by atoms with Gasteiger partial charge in [0.05, 0.1) is 5.75 Å². The van der Waals surface area contributed by atoms with Gasteiger partial charge in [0.25, 0.3) is 0 Å². The van der Waals surface area contributed by atoms with E-state index in [1.807, 2.05) is 4.57 Å². The minimum Gasteiger partial charge on any atom is -0.481 e. The van der Waals surface area contributed by atoms with Crippen molar-refractivity contribution in [2.24, 2.45) is 5.92 Å². The summed E-state index contributed by atoms with van der Waals surface area (Å²) in [4.78, 5) is 10.6.